The Bertz CT molecular complexity index is 1270. The Labute approximate surface area is 204 Å². The minimum Gasteiger partial charge on any atom is -0.339 e. The number of benzene rings is 2. The lowest BCUT2D eigenvalue weighted by Gasteiger charge is -2.31. The first kappa shape index (κ1) is 23.4. The number of amides is 1. The predicted octanol–water partition coefficient (Wildman–Crippen LogP) is 5.20. The summed E-state index contributed by atoms with van der Waals surface area (Å²) in [5, 5.41) is 6.30. The number of aryl methyl sites for hydroxylation is 1. The lowest BCUT2D eigenvalue weighted by Crippen LogP contribution is -2.38. The molecular weight excluding hydrogens is 534 g/mol. The second-order valence-corrected chi connectivity index (χ2v) is 11.8. The molecule has 32 heavy (non-hydrogen) atoms. The fraction of sp³-hybridized carbons (Fsp3) is 0.273. The molecule has 6 nitrogen and oxygen atoms in total. The van der Waals surface area contributed by atoms with Crippen LogP contribution in [0.3, 0.4) is 0 Å². The van der Waals surface area contributed by atoms with E-state index in [1.165, 1.54) is 23.1 Å². The molecule has 1 aliphatic heterocycles. The van der Waals surface area contributed by atoms with E-state index in [2.05, 4.69) is 35.0 Å². The van der Waals surface area contributed by atoms with E-state index in [9.17, 15) is 13.2 Å². The molecule has 1 fully saturated rings. The topological polar surface area (TPSA) is 93.4 Å². The third kappa shape index (κ3) is 4.92. The van der Waals surface area contributed by atoms with E-state index in [1.54, 1.807) is 16.2 Å². The number of aromatic nitrogens is 1. The van der Waals surface area contributed by atoms with Crippen molar-refractivity contribution in [2.75, 3.05) is 13.1 Å². The number of hydrogen-bond donors (Lipinski definition) is 1. The molecule has 0 saturated carbocycles. The molecule has 1 aromatic heterocycles. The van der Waals surface area contributed by atoms with E-state index >= 15 is 0 Å². The first-order valence-electron chi connectivity index (χ1n) is 9.98. The van der Waals surface area contributed by atoms with Gasteiger partial charge in [0.2, 0.25) is 10.0 Å². The van der Waals surface area contributed by atoms with Crippen LogP contribution in [-0.4, -0.2) is 37.3 Å². The first-order chi connectivity index (χ1) is 15.1. The fourth-order valence-electron chi connectivity index (χ4n) is 3.83. The third-order valence-electron chi connectivity index (χ3n) is 5.55. The average Bonchev–Trinajstić information content (AvgIpc) is 3.15. The number of carbonyl (C=O) groups is 1. The van der Waals surface area contributed by atoms with Crippen LogP contribution in [0.4, 0.5) is 0 Å². The maximum atomic E-state index is 12.9. The quantitative estimate of drug-likeness (QED) is 0.480. The third-order valence-corrected chi connectivity index (χ3v) is 8.60. The van der Waals surface area contributed by atoms with Gasteiger partial charge in [0.05, 0.1) is 15.7 Å². The Morgan fingerprint density at radius 2 is 1.84 bits per heavy atom. The molecule has 1 saturated heterocycles. The van der Waals surface area contributed by atoms with Crippen molar-refractivity contribution in [2.24, 2.45) is 5.14 Å². The number of carbonyl (C=O) groups excluding carboxylic acids is 1. The van der Waals surface area contributed by atoms with Gasteiger partial charge in [0.1, 0.15) is 4.90 Å². The maximum absolute atomic E-state index is 12.9. The van der Waals surface area contributed by atoms with Crippen LogP contribution in [0.2, 0.25) is 5.02 Å². The summed E-state index contributed by atoms with van der Waals surface area (Å²) in [6.07, 6.45) is 1.60. The minimum absolute atomic E-state index is 0.00322. The van der Waals surface area contributed by atoms with Crippen molar-refractivity contribution in [1.82, 2.24) is 9.88 Å². The summed E-state index contributed by atoms with van der Waals surface area (Å²) in [4.78, 5) is 20.5. The van der Waals surface area contributed by atoms with Crippen LogP contribution in [0.25, 0.3) is 11.3 Å². The van der Waals surface area contributed by atoms with E-state index in [1.807, 2.05) is 12.1 Å². The average molecular weight is 555 g/mol. The van der Waals surface area contributed by atoms with Crippen LogP contribution in [0.15, 0.2) is 51.8 Å². The highest BCUT2D eigenvalue weighted by Gasteiger charge is 2.28. The van der Waals surface area contributed by atoms with Gasteiger partial charge in [0.15, 0.2) is 0 Å². The standard InChI is InChI=1S/C22H21BrClN3O3S2/c1-13-20(14-2-5-17(23)6-3-14)26-21(31-13)15-8-10-27(11-9-15)22(28)16-4-7-18(24)19(12-16)32(25,29)30/h2-7,12,15H,8-11H2,1H3,(H2,25,29,30). The largest absolute Gasteiger partial charge is 0.339 e. The van der Waals surface area contributed by atoms with Gasteiger partial charge in [-0.15, -0.1) is 11.3 Å². The minimum atomic E-state index is -4.00. The lowest BCUT2D eigenvalue weighted by molar-refractivity contribution is 0.0712. The zero-order chi connectivity index (χ0) is 23.0. The number of thiazole rings is 1. The van der Waals surface area contributed by atoms with E-state index in [-0.39, 0.29) is 27.3 Å². The SMILES string of the molecule is Cc1sc(C2CCN(C(=O)c3ccc(Cl)c(S(N)(=O)=O)c3)CC2)nc1-c1ccc(Br)cc1. The van der Waals surface area contributed by atoms with E-state index in [4.69, 9.17) is 21.7 Å². The highest BCUT2D eigenvalue weighted by molar-refractivity contribution is 9.10. The van der Waals surface area contributed by atoms with Crippen LogP contribution < -0.4 is 5.14 Å². The predicted molar refractivity (Wildman–Crippen MR) is 131 cm³/mol. The molecule has 2 N–H and O–H groups in total. The second-order valence-electron chi connectivity index (χ2n) is 7.72. The number of piperidine rings is 1. The number of primary sulfonamides is 1. The Balaban J connectivity index is 1.46. The van der Waals surface area contributed by atoms with Gasteiger partial charge in [-0.25, -0.2) is 18.5 Å². The summed E-state index contributed by atoms with van der Waals surface area (Å²) >= 11 is 11.1. The van der Waals surface area contributed by atoms with E-state index in [0.29, 0.717) is 13.1 Å². The molecule has 3 aromatic rings. The maximum Gasteiger partial charge on any atom is 0.253 e. The summed E-state index contributed by atoms with van der Waals surface area (Å²) in [6.45, 7) is 3.23. The van der Waals surface area contributed by atoms with Gasteiger partial charge in [-0.1, -0.05) is 39.7 Å². The fourth-order valence-corrected chi connectivity index (χ4v) is 6.28. The van der Waals surface area contributed by atoms with Gasteiger partial charge >= 0.3 is 0 Å². The molecule has 2 heterocycles. The van der Waals surface area contributed by atoms with Gasteiger partial charge in [-0.2, -0.15) is 0 Å². The number of nitrogens with zero attached hydrogens (tertiary/aromatic N) is 2. The van der Waals surface area contributed by atoms with Crippen molar-refractivity contribution in [3.05, 3.63) is 67.4 Å². The number of rotatable bonds is 4. The van der Waals surface area contributed by atoms with Crippen molar-refractivity contribution in [2.45, 2.75) is 30.6 Å². The van der Waals surface area contributed by atoms with Crippen LogP contribution in [0.5, 0.6) is 0 Å². The van der Waals surface area contributed by atoms with Crippen LogP contribution >= 0.6 is 38.9 Å². The smallest absolute Gasteiger partial charge is 0.253 e. The molecule has 4 rings (SSSR count). The Morgan fingerprint density at radius 1 is 1.19 bits per heavy atom. The Morgan fingerprint density at radius 3 is 2.47 bits per heavy atom. The Hall–Kier alpha value is -1.78. The number of hydrogen-bond acceptors (Lipinski definition) is 5. The number of sulfonamides is 1. The zero-order valence-electron chi connectivity index (χ0n) is 17.2. The van der Waals surface area contributed by atoms with E-state index < -0.39 is 10.0 Å². The van der Waals surface area contributed by atoms with Crippen LogP contribution in [-0.2, 0) is 10.0 Å². The Kier molecular flexibility index (Phi) is 6.74. The molecule has 0 atom stereocenters. The second kappa shape index (κ2) is 9.23. The first-order valence-corrected chi connectivity index (χ1v) is 13.5. The summed E-state index contributed by atoms with van der Waals surface area (Å²) in [7, 11) is -4.00. The van der Waals surface area contributed by atoms with Crippen molar-refractivity contribution in [1.29, 1.82) is 0 Å². The molecule has 2 aromatic carbocycles. The highest BCUT2D eigenvalue weighted by Crippen LogP contribution is 2.36. The van der Waals surface area contributed by atoms with Crippen molar-refractivity contribution >= 4 is 54.8 Å². The van der Waals surface area contributed by atoms with Gasteiger partial charge in [-0.05, 0) is 50.1 Å². The molecule has 0 spiro atoms. The normalized spacial score (nSPS) is 15.2. The van der Waals surface area contributed by atoms with Gasteiger partial charge in [0, 0.05) is 39.5 Å². The van der Waals surface area contributed by atoms with Crippen LogP contribution in [0.1, 0.15) is 39.0 Å². The molecule has 0 radical (unpaired) electrons. The van der Waals surface area contributed by atoms with Crippen molar-refractivity contribution in [3.8, 4) is 11.3 Å². The van der Waals surface area contributed by atoms with Crippen molar-refractivity contribution < 1.29 is 13.2 Å². The molecule has 1 amide bonds. The van der Waals surface area contributed by atoms with Gasteiger partial charge in [0.25, 0.3) is 5.91 Å². The number of halogens is 2. The van der Waals surface area contributed by atoms with Gasteiger partial charge in [-0.3, -0.25) is 4.79 Å². The summed E-state index contributed by atoms with van der Waals surface area (Å²) in [5.74, 6) is 0.0630. The number of nitrogens with two attached hydrogens (primary N) is 1. The van der Waals surface area contributed by atoms with Crippen molar-refractivity contribution in [3.63, 3.8) is 0 Å². The molecule has 0 bridgehead atoms. The van der Waals surface area contributed by atoms with Gasteiger partial charge < -0.3 is 4.90 Å². The molecule has 0 unspecified atom stereocenters. The molecule has 0 aliphatic carbocycles. The molecule has 1 aliphatic rings. The summed E-state index contributed by atoms with van der Waals surface area (Å²) in [6, 6.07) is 12.3. The zero-order valence-corrected chi connectivity index (χ0v) is 21.2. The summed E-state index contributed by atoms with van der Waals surface area (Å²) in [5.41, 5.74) is 2.36. The molecule has 10 heteroatoms. The molecular formula is C22H21BrClN3O3S2. The van der Waals surface area contributed by atoms with E-state index in [0.717, 1.165) is 33.6 Å². The molecule has 168 valence electrons. The lowest BCUT2D eigenvalue weighted by atomic mass is 9.97. The monoisotopic (exact) mass is 553 g/mol. The number of likely N-dealkylation sites (tertiary alicyclic amines) is 1. The van der Waals surface area contributed by atoms with Crippen LogP contribution in [0, 0.1) is 6.92 Å². The summed E-state index contributed by atoms with van der Waals surface area (Å²) < 4.78 is 24.5. The highest BCUT2D eigenvalue weighted by atomic mass is 79.9.